The lowest BCUT2D eigenvalue weighted by molar-refractivity contribution is 0.0696. The Bertz CT molecular complexity index is 671. The number of aryl methyl sites for hydroxylation is 1. The molecule has 3 rings (SSSR count). The van der Waals surface area contributed by atoms with Crippen LogP contribution in [0.2, 0.25) is 0 Å². The number of carboxylic acid groups (broad SMARTS) is 1. The molecule has 5 nitrogen and oxygen atoms in total. The first-order valence-corrected chi connectivity index (χ1v) is 8.21. The van der Waals surface area contributed by atoms with Crippen LogP contribution >= 0.6 is 11.5 Å². The van der Waals surface area contributed by atoms with Gasteiger partial charge in [0.15, 0.2) is 0 Å². The molecule has 0 radical (unpaired) electrons. The number of hydrogen-bond donors (Lipinski definition) is 1. The van der Waals surface area contributed by atoms with Crippen molar-refractivity contribution in [3.8, 4) is 0 Å². The summed E-state index contributed by atoms with van der Waals surface area (Å²) in [7, 11) is 0. The first-order chi connectivity index (χ1) is 10.6. The highest BCUT2D eigenvalue weighted by molar-refractivity contribution is 7.05. The molecule has 2 aromatic rings. The van der Waals surface area contributed by atoms with Crippen molar-refractivity contribution in [1.29, 1.82) is 0 Å². The number of benzene rings is 1. The Morgan fingerprint density at radius 2 is 2.36 bits per heavy atom. The number of nitrogens with zero attached hydrogens (tertiary/aromatic N) is 3. The average molecular weight is 317 g/mol. The van der Waals surface area contributed by atoms with Crippen LogP contribution in [0.4, 0.5) is 0 Å². The van der Waals surface area contributed by atoms with Crippen LogP contribution in [0.3, 0.4) is 0 Å². The van der Waals surface area contributed by atoms with E-state index in [1.165, 1.54) is 16.4 Å². The SMILES string of the molecule is Cc1nnsc1CN1CCC(Cc2cccc(C(=O)O)c2)C1. The van der Waals surface area contributed by atoms with Crippen LogP contribution in [0.15, 0.2) is 24.3 Å². The minimum absolute atomic E-state index is 0.374. The van der Waals surface area contributed by atoms with Gasteiger partial charge in [0, 0.05) is 13.1 Å². The molecule has 1 fully saturated rings. The monoisotopic (exact) mass is 317 g/mol. The second kappa shape index (κ2) is 6.54. The smallest absolute Gasteiger partial charge is 0.335 e. The summed E-state index contributed by atoms with van der Waals surface area (Å²) in [6.45, 7) is 5.06. The Hall–Kier alpha value is -1.79. The van der Waals surface area contributed by atoms with E-state index in [0.717, 1.165) is 43.7 Å². The molecule has 1 N–H and O–H groups in total. The van der Waals surface area contributed by atoms with Gasteiger partial charge in [-0.1, -0.05) is 16.6 Å². The average Bonchev–Trinajstić information content (AvgIpc) is 3.10. The third kappa shape index (κ3) is 3.51. The number of hydrogen-bond acceptors (Lipinski definition) is 5. The van der Waals surface area contributed by atoms with Crippen LogP contribution in [0.25, 0.3) is 0 Å². The summed E-state index contributed by atoms with van der Waals surface area (Å²) in [6, 6.07) is 7.29. The van der Waals surface area contributed by atoms with E-state index in [-0.39, 0.29) is 0 Å². The molecule has 0 saturated carbocycles. The van der Waals surface area contributed by atoms with Gasteiger partial charge >= 0.3 is 5.97 Å². The molecule has 0 aliphatic carbocycles. The largest absolute Gasteiger partial charge is 0.478 e. The van der Waals surface area contributed by atoms with Crippen LogP contribution < -0.4 is 0 Å². The van der Waals surface area contributed by atoms with Crippen molar-refractivity contribution in [1.82, 2.24) is 14.5 Å². The number of aromatic nitrogens is 2. The maximum Gasteiger partial charge on any atom is 0.335 e. The topological polar surface area (TPSA) is 66.3 Å². The maximum absolute atomic E-state index is 11.0. The van der Waals surface area contributed by atoms with E-state index in [2.05, 4.69) is 14.5 Å². The summed E-state index contributed by atoms with van der Waals surface area (Å²) in [5, 5.41) is 13.1. The highest BCUT2D eigenvalue weighted by atomic mass is 32.1. The Balaban J connectivity index is 1.58. The van der Waals surface area contributed by atoms with Crippen molar-refractivity contribution >= 4 is 17.5 Å². The molecule has 1 aliphatic heterocycles. The Labute approximate surface area is 133 Å². The van der Waals surface area contributed by atoms with E-state index in [4.69, 9.17) is 5.11 Å². The van der Waals surface area contributed by atoms with E-state index >= 15 is 0 Å². The van der Waals surface area contributed by atoms with E-state index in [1.807, 2.05) is 19.1 Å². The zero-order valence-electron chi connectivity index (χ0n) is 12.5. The maximum atomic E-state index is 11.0. The van der Waals surface area contributed by atoms with Gasteiger partial charge in [-0.2, -0.15) is 0 Å². The first-order valence-electron chi connectivity index (χ1n) is 7.44. The van der Waals surface area contributed by atoms with Crippen LogP contribution in [0.5, 0.6) is 0 Å². The van der Waals surface area contributed by atoms with Crippen LogP contribution in [0, 0.1) is 12.8 Å². The van der Waals surface area contributed by atoms with Crippen molar-refractivity contribution < 1.29 is 9.90 Å². The number of carbonyl (C=O) groups is 1. The predicted octanol–water partition coefficient (Wildman–Crippen LogP) is 2.61. The van der Waals surface area contributed by atoms with Crippen molar-refractivity contribution in [2.24, 2.45) is 5.92 Å². The lowest BCUT2D eigenvalue weighted by Crippen LogP contribution is -2.20. The second-order valence-corrected chi connectivity index (χ2v) is 6.72. The van der Waals surface area contributed by atoms with Crippen molar-refractivity contribution in [2.75, 3.05) is 13.1 Å². The molecular weight excluding hydrogens is 298 g/mol. The summed E-state index contributed by atoms with van der Waals surface area (Å²) < 4.78 is 3.99. The van der Waals surface area contributed by atoms with Crippen LogP contribution in [-0.4, -0.2) is 38.7 Å². The van der Waals surface area contributed by atoms with Gasteiger partial charge in [-0.3, -0.25) is 4.90 Å². The van der Waals surface area contributed by atoms with Gasteiger partial charge in [0.1, 0.15) is 0 Å². The quantitative estimate of drug-likeness (QED) is 0.918. The van der Waals surface area contributed by atoms with E-state index in [9.17, 15) is 4.79 Å². The van der Waals surface area contributed by atoms with Crippen LogP contribution in [0.1, 0.15) is 32.9 Å². The second-order valence-electron chi connectivity index (χ2n) is 5.88. The molecule has 0 amide bonds. The molecule has 1 aliphatic rings. The Morgan fingerprint density at radius 1 is 1.50 bits per heavy atom. The summed E-state index contributed by atoms with van der Waals surface area (Å²) in [5.41, 5.74) is 2.52. The minimum atomic E-state index is -0.858. The molecule has 22 heavy (non-hydrogen) atoms. The fraction of sp³-hybridized carbons (Fsp3) is 0.438. The molecule has 1 aromatic heterocycles. The Kier molecular flexibility index (Phi) is 4.49. The number of rotatable bonds is 5. The van der Waals surface area contributed by atoms with Crippen molar-refractivity contribution in [2.45, 2.75) is 26.3 Å². The standard InChI is InChI=1S/C16H19N3O2S/c1-11-15(22-18-17-11)10-19-6-5-13(9-19)7-12-3-2-4-14(8-12)16(20)21/h2-4,8,13H,5-7,9-10H2,1H3,(H,20,21). The van der Waals surface area contributed by atoms with Gasteiger partial charge in [-0.05, 0) is 61.5 Å². The summed E-state index contributed by atoms with van der Waals surface area (Å²) >= 11 is 1.48. The molecule has 6 heteroatoms. The zero-order valence-corrected chi connectivity index (χ0v) is 13.3. The molecule has 116 valence electrons. The molecule has 1 unspecified atom stereocenters. The van der Waals surface area contributed by atoms with Gasteiger partial charge in [0.05, 0.1) is 16.1 Å². The molecule has 1 saturated heterocycles. The highest BCUT2D eigenvalue weighted by Crippen LogP contribution is 2.24. The lowest BCUT2D eigenvalue weighted by atomic mass is 9.97. The van der Waals surface area contributed by atoms with Crippen molar-refractivity contribution in [3.05, 3.63) is 46.0 Å². The van der Waals surface area contributed by atoms with E-state index in [1.54, 1.807) is 12.1 Å². The zero-order chi connectivity index (χ0) is 15.5. The predicted molar refractivity (Wildman–Crippen MR) is 85.1 cm³/mol. The van der Waals surface area contributed by atoms with Crippen molar-refractivity contribution in [3.63, 3.8) is 0 Å². The highest BCUT2D eigenvalue weighted by Gasteiger charge is 2.24. The van der Waals surface area contributed by atoms with Gasteiger partial charge in [-0.25, -0.2) is 4.79 Å². The molecule has 2 heterocycles. The molecule has 0 spiro atoms. The third-order valence-electron chi connectivity index (χ3n) is 4.18. The van der Waals surface area contributed by atoms with Gasteiger partial charge in [0.2, 0.25) is 0 Å². The summed E-state index contributed by atoms with van der Waals surface area (Å²) in [5.74, 6) is -0.270. The van der Waals surface area contributed by atoms with Gasteiger partial charge in [0.25, 0.3) is 0 Å². The minimum Gasteiger partial charge on any atom is -0.478 e. The number of aromatic carboxylic acids is 1. The summed E-state index contributed by atoms with van der Waals surface area (Å²) in [4.78, 5) is 14.7. The summed E-state index contributed by atoms with van der Waals surface area (Å²) in [6.07, 6.45) is 2.10. The molecule has 1 atom stereocenters. The van der Waals surface area contributed by atoms with Crippen LogP contribution in [-0.2, 0) is 13.0 Å². The number of likely N-dealkylation sites (tertiary alicyclic amines) is 1. The number of carboxylic acids is 1. The third-order valence-corrected chi connectivity index (χ3v) is 4.99. The van der Waals surface area contributed by atoms with E-state index in [0.29, 0.717) is 11.5 Å². The van der Waals surface area contributed by atoms with E-state index < -0.39 is 5.97 Å². The molecule has 1 aromatic carbocycles. The lowest BCUT2D eigenvalue weighted by Gasteiger charge is -2.15. The molecular formula is C16H19N3O2S. The van der Waals surface area contributed by atoms with Gasteiger partial charge < -0.3 is 5.11 Å². The van der Waals surface area contributed by atoms with Gasteiger partial charge in [-0.15, -0.1) is 5.10 Å². The Morgan fingerprint density at radius 3 is 3.09 bits per heavy atom. The molecule has 0 bridgehead atoms. The first kappa shape index (κ1) is 15.1. The fourth-order valence-electron chi connectivity index (χ4n) is 2.99. The normalized spacial score (nSPS) is 18.7. The fourth-order valence-corrected chi connectivity index (χ4v) is 3.66.